The van der Waals surface area contributed by atoms with Gasteiger partial charge in [0.1, 0.15) is 11.9 Å². The average Bonchev–Trinajstić information content (AvgIpc) is 3.07. The summed E-state index contributed by atoms with van der Waals surface area (Å²) >= 11 is 1.33. The average molecular weight is 364 g/mol. The number of aryl methyl sites for hydroxylation is 3. The Morgan fingerprint density at radius 2 is 1.81 bits per heavy atom. The molecule has 3 rings (SSSR count). The van der Waals surface area contributed by atoms with Gasteiger partial charge >= 0.3 is 0 Å². The fourth-order valence-corrected chi connectivity index (χ4v) is 3.49. The summed E-state index contributed by atoms with van der Waals surface area (Å²) in [7, 11) is 0. The van der Waals surface area contributed by atoms with Gasteiger partial charge in [-0.1, -0.05) is 17.7 Å². The van der Waals surface area contributed by atoms with E-state index in [4.69, 9.17) is 0 Å². The van der Waals surface area contributed by atoms with E-state index in [-0.39, 0.29) is 11.5 Å². The molecule has 6 heteroatoms. The standard InChI is InChI=1S/C20H17FN4S/c1-12-8-13(2)19(14(3)9-12)25-24-17(10-22)20-23-18(11-26-20)15-4-6-16(21)7-5-15/h4-9,11,25H,1-3H3/b24-17+. The predicted octanol–water partition coefficient (Wildman–Crippen LogP) is 5.21. The first-order valence-corrected chi connectivity index (χ1v) is 8.89. The Morgan fingerprint density at radius 1 is 1.15 bits per heavy atom. The summed E-state index contributed by atoms with van der Waals surface area (Å²) in [6.45, 7) is 6.04. The van der Waals surface area contributed by atoms with Crippen molar-refractivity contribution >= 4 is 22.7 Å². The summed E-state index contributed by atoms with van der Waals surface area (Å²) in [6, 6.07) is 12.3. The summed E-state index contributed by atoms with van der Waals surface area (Å²) < 4.78 is 13.1. The van der Waals surface area contributed by atoms with Gasteiger partial charge in [0.05, 0.1) is 11.4 Å². The maximum Gasteiger partial charge on any atom is 0.196 e. The molecule has 0 saturated carbocycles. The summed E-state index contributed by atoms with van der Waals surface area (Å²) in [5.41, 5.74) is 8.89. The van der Waals surface area contributed by atoms with Crippen molar-refractivity contribution in [3.63, 3.8) is 0 Å². The summed E-state index contributed by atoms with van der Waals surface area (Å²) in [4.78, 5) is 4.46. The maximum absolute atomic E-state index is 13.1. The largest absolute Gasteiger partial charge is 0.277 e. The molecule has 0 radical (unpaired) electrons. The number of nitriles is 1. The maximum atomic E-state index is 13.1. The second kappa shape index (κ2) is 7.46. The lowest BCUT2D eigenvalue weighted by molar-refractivity contribution is 0.628. The van der Waals surface area contributed by atoms with E-state index in [0.717, 1.165) is 22.4 Å². The van der Waals surface area contributed by atoms with Crippen LogP contribution < -0.4 is 5.43 Å². The highest BCUT2D eigenvalue weighted by Crippen LogP contribution is 2.24. The molecule has 1 N–H and O–H groups in total. The molecular weight excluding hydrogens is 347 g/mol. The minimum Gasteiger partial charge on any atom is -0.277 e. The van der Waals surface area contributed by atoms with E-state index in [1.165, 1.54) is 29.0 Å². The van der Waals surface area contributed by atoms with Gasteiger partial charge in [-0.25, -0.2) is 9.37 Å². The Bertz CT molecular complexity index is 990. The minimum absolute atomic E-state index is 0.211. The fraction of sp³-hybridized carbons (Fsp3) is 0.150. The molecule has 26 heavy (non-hydrogen) atoms. The zero-order chi connectivity index (χ0) is 18.7. The van der Waals surface area contributed by atoms with Crippen LogP contribution in [-0.4, -0.2) is 10.7 Å². The molecule has 130 valence electrons. The second-order valence-corrected chi connectivity index (χ2v) is 6.86. The van der Waals surface area contributed by atoms with E-state index in [9.17, 15) is 9.65 Å². The Kier molecular flexibility index (Phi) is 5.10. The van der Waals surface area contributed by atoms with Crippen LogP contribution in [0.3, 0.4) is 0 Å². The number of aromatic nitrogens is 1. The zero-order valence-electron chi connectivity index (χ0n) is 14.7. The Labute approximate surface area is 155 Å². The molecule has 0 fully saturated rings. The molecule has 0 bridgehead atoms. The van der Waals surface area contributed by atoms with Gasteiger partial charge in [0.2, 0.25) is 0 Å². The fourth-order valence-electron chi connectivity index (χ4n) is 2.72. The highest BCUT2D eigenvalue weighted by Gasteiger charge is 2.11. The molecule has 0 aliphatic heterocycles. The second-order valence-electron chi connectivity index (χ2n) is 6.00. The van der Waals surface area contributed by atoms with Crippen LogP contribution in [0.2, 0.25) is 0 Å². The lowest BCUT2D eigenvalue weighted by Gasteiger charge is -2.10. The predicted molar refractivity (Wildman–Crippen MR) is 104 cm³/mol. The lowest BCUT2D eigenvalue weighted by atomic mass is 10.1. The number of benzene rings is 2. The lowest BCUT2D eigenvalue weighted by Crippen LogP contribution is -2.03. The quantitative estimate of drug-likeness (QED) is 0.510. The monoisotopic (exact) mass is 364 g/mol. The van der Waals surface area contributed by atoms with Gasteiger partial charge < -0.3 is 0 Å². The van der Waals surface area contributed by atoms with Crippen LogP contribution in [0.25, 0.3) is 11.3 Å². The smallest absolute Gasteiger partial charge is 0.196 e. The number of thiazole rings is 1. The van der Waals surface area contributed by atoms with Crippen LogP contribution >= 0.6 is 11.3 Å². The number of halogens is 1. The molecular formula is C20H17FN4S. The molecule has 2 aromatic carbocycles. The molecule has 0 aliphatic carbocycles. The number of nitrogens with zero attached hydrogens (tertiary/aromatic N) is 3. The van der Waals surface area contributed by atoms with Crippen molar-refractivity contribution in [2.45, 2.75) is 20.8 Å². The van der Waals surface area contributed by atoms with Crippen molar-refractivity contribution < 1.29 is 4.39 Å². The molecule has 4 nitrogen and oxygen atoms in total. The minimum atomic E-state index is -0.295. The summed E-state index contributed by atoms with van der Waals surface area (Å²) in [6.07, 6.45) is 0. The van der Waals surface area contributed by atoms with Crippen molar-refractivity contribution in [2.24, 2.45) is 5.10 Å². The van der Waals surface area contributed by atoms with Crippen LogP contribution in [0, 0.1) is 37.9 Å². The van der Waals surface area contributed by atoms with Crippen molar-refractivity contribution in [1.82, 2.24) is 4.98 Å². The molecule has 0 atom stereocenters. The molecule has 0 spiro atoms. The third-order valence-electron chi connectivity index (χ3n) is 3.91. The molecule has 0 unspecified atom stereocenters. The first kappa shape index (κ1) is 17.8. The van der Waals surface area contributed by atoms with Gasteiger partial charge in [-0.3, -0.25) is 5.43 Å². The Balaban J connectivity index is 1.87. The normalized spacial score (nSPS) is 11.3. The number of anilines is 1. The van der Waals surface area contributed by atoms with Gasteiger partial charge in [0.15, 0.2) is 10.7 Å². The summed E-state index contributed by atoms with van der Waals surface area (Å²) in [5, 5.41) is 16.0. The van der Waals surface area contributed by atoms with Gasteiger partial charge in [-0.15, -0.1) is 11.3 Å². The third kappa shape index (κ3) is 3.79. The highest BCUT2D eigenvalue weighted by molar-refractivity contribution is 7.12. The van der Waals surface area contributed by atoms with Crippen LogP contribution in [0.15, 0.2) is 46.9 Å². The molecule has 1 aromatic heterocycles. The molecule has 0 saturated heterocycles. The van der Waals surface area contributed by atoms with Gasteiger partial charge in [-0.05, 0) is 56.2 Å². The van der Waals surface area contributed by atoms with Crippen LogP contribution in [0.5, 0.6) is 0 Å². The van der Waals surface area contributed by atoms with Gasteiger partial charge in [-0.2, -0.15) is 10.4 Å². The third-order valence-corrected chi connectivity index (χ3v) is 4.76. The van der Waals surface area contributed by atoms with E-state index < -0.39 is 0 Å². The topological polar surface area (TPSA) is 61.1 Å². The number of nitrogens with one attached hydrogen (secondary N) is 1. The van der Waals surface area contributed by atoms with Crippen molar-refractivity contribution in [1.29, 1.82) is 5.26 Å². The van der Waals surface area contributed by atoms with Crippen molar-refractivity contribution in [3.8, 4) is 17.3 Å². The SMILES string of the molecule is Cc1cc(C)c(N/N=C(\C#N)c2nc(-c3ccc(F)cc3)cs2)c(C)c1. The molecule has 0 aliphatic rings. The molecule has 3 aromatic rings. The van der Waals surface area contributed by atoms with Crippen LogP contribution in [-0.2, 0) is 0 Å². The summed E-state index contributed by atoms with van der Waals surface area (Å²) in [5.74, 6) is -0.295. The zero-order valence-corrected chi connectivity index (χ0v) is 15.5. The number of hydrogen-bond donors (Lipinski definition) is 1. The number of hydrazone groups is 1. The van der Waals surface area contributed by atoms with E-state index >= 15 is 0 Å². The van der Waals surface area contributed by atoms with Crippen molar-refractivity contribution in [2.75, 3.05) is 5.43 Å². The van der Waals surface area contributed by atoms with Crippen LogP contribution in [0.1, 0.15) is 21.7 Å². The Morgan fingerprint density at radius 3 is 2.42 bits per heavy atom. The molecule has 1 heterocycles. The first-order valence-electron chi connectivity index (χ1n) is 8.01. The van der Waals surface area contributed by atoms with Gasteiger partial charge in [0, 0.05) is 10.9 Å². The van der Waals surface area contributed by atoms with Gasteiger partial charge in [0.25, 0.3) is 0 Å². The Hall–Kier alpha value is -3.04. The van der Waals surface area contributed by atoms with E-state index in [2.05, 4.69) is 33.7 Å². The van der Waals surface area contributed by atoms with Crippen molar-refractivity contribution in [3.05, 3.63) is 69.3 Å². The van der Waals surface area contributed by atoms with E-state index in [0.29, 0.717) is 10.7 Å². The van der Waals surface area contributed by atoms with E-state index in [1.54, 1.807) is 12.1 Å². The molecule has 0 amide bonds. The number of rotatable bonds is 4. The van der Waals surface area contributed by atoms with Crippen LogP contribution in [0.4, 0.5) is 10.1 Å². The highest BCUT2D eigenvalue weighted by atomic mass is 32.1. The van der Waals surface area contributed by atoms with E-state index in [1.807, 2.05) is 26.2 Å². The first-order chi connectivity index (χ1) is 12.5. The number of hydrogen-bond acceptors (Lipinski definition) is 5.